The maximum absolute atomic E-state index is 11.9. The van der Waals surface area contributed by atoms with Gasteiger partial charge in [0.2, 0.25) is 0 Å². The molecule has 18 heavy (non-hydrogen) atoms. The Labute approximate surface area is 111 Å². The van der Waals surface area contributed by atoms with Gasteiger partial charge in [-0.15, -0.1) is 0 Å². The molecule has 92 valence electrons. The molecule has 0 aliphatic carbocycles. The van der Waals surface area contributed by atoms with Crippen LogP contribution in [0.25, 0.3) is 0 Å². The summed E-state index contributed by atoms with van der Waals surface area (Å²) < 4.78 is 0. The minimum absolute atomic E-state index is 0.133. The first-order valence-electron chi connectivity index (χ1n) is 5.74. The Morgan fingerprint density at radius 2 is 1.78 bits per heavy atom. The first kappa shape index (κ1) is 12.7. The van der Waals surface area contributed by atoms with Crippen LogP contribution in [0.2, 0.25) is 5.02 Å². The van der Waals surface area contributed by atoms with Gasteiger partial charge in [-0.1, -0.05) is 41.9 Å². The molecular weight excluding hydrogens is 246 g/mol. The van der Waals surface area contributed by atoms with Crippen molar-refractivity contribution in [2.24, 2.45) is 0 Å². The van der Waals surface area contributed by atoms with Gasteiger partial charge < -0.3 is 5.73 Å². The Balaban J connectivity index is 2.05. The lowest BCUT2D eigenvalue weighted by atomic mass is 10.0. The Morgan fingerprint density at radius 1 is 1.06 bits per heavy atom. The first-order valence-corrected chi connectivity index (χ1v) is 6.12. The second-order valence-electron chi connectivity index (χ2n) is 4.23. The van der Waals surface area contributed by atoms with E-state index in [-0.39, 0.29) is 5.78 Å². The number of anilines is 1. The number of carbonyl (C=O) groups excluding carboxylic acids is 1. The van der Waals surface area contributed by atoms with E-state index in [4.69, 9.17) is 17.3 Å². The fourth-order valence-electron chi connectivity index (χ4n) is 1.83. The van der Waals surface area contributed by atoms with Crippen LogP contribution in [0.1, 0.15) is 11.1 Å². The van der Waals surface area contributed by atoms with Crippen LogP contribution in [0, 0.1) is 0 Å². The maximum Gasteiger partial charge on any atom is 0.141 e. The van der Waals surface area contributed by atoms with Crippen molar-refractivity contribution in [1.82, 2.24) is 0 Å². The summed E-state index contributed by atoms with van der Waals surface area (Å²) in [5.74, 6) is 0.133. The predicted octanol–water partition coefficient (Wildman–Crippen LogP) is 3.28. The molecule has 3 heteroatoms. The van der Waals surface area contributed by atoms with Crippen molar-refractivity contribution in [3.8, 4) is 0 Å². The van der Waals surface area contributed by atoms with E-state index in [0.29, 0.717) is 23.6 Å². The highest BCUT2D eigenvalue weighted by Gasteiger charge is 2.08. The van der Waals surface area contributed by atoms with Crippen molar-refractivity contribution in [2.75, 3.05) is 5.73 Å². The Morgan fingerprint density at radius 3 is 2.50 bits per heavy atom. The minimum atomic E-state index is 0.133. The van der Waals surface area contributed by atoms with Gasteiger partial charge in [0.1, 0.15) is 5.78 Å². The van der Waals surface area contributed by atoms with Gasteiger partial charge in [-0.3, -0.25) is 4.79 Å². The third-order valence-electron chi connectivity index (χ3n) is 2.70. The van der Waals surface area contributed by atoms with Crippen molar-refractivity contribution in [2.45, 2.75) is 12.8 Å². The molecule has 0 atom stereocenters. The molecule has 0 bridgehead atoms. The highest BCUT2D eigenvalue weighted by atomic mass is 35.5. The molecular formula is C15H14ClNO. The zero-order valence-electron chi connectivity index (χ0n) is 9.90. The maximum atomic E-state index is 11.9. The number of hydrogen-bond donors (Lipinski definition) is 1. The largest absolute Gasteiger partial charge is 0.399 e. The quantitative estimate of drug-likeness (QED) is 0.857. The van der Waals surface area contributed by atoms with Gasteiger partial charge in [0.25, 0.3) is 0 Å². The van der Waals surface area contributed by atoms with E-state index in [0.717, 1.165) is 11.1 Å². The molecule has 0 fully saturated rings. The van der Waals surface area contributed by atoms with Gasteiger partial charge in [0.05, 0.1) is 0 Å². The highest BCUT2D eigenvalue weighted by molar-refractivity contribution is 6.31. The van der Waals surface area contributed by atoms with Crippen molar-refractivity contribution in [1.29, 1.82) is 0 Å². The fourth-order valence-corrected chi connectivity index (χ4v) is 2.01. The molecule has 2 rings (SSSR count). The van der Waals surface area contributed by atoms with E-state index in [1.807, 2.05) is 30.3 Å². The summed E-state index contributed by atoms with van der Waals surface area (Å²) in [4.78, 5) is 11.9. The van der Waals surface area contributed by atoms with Crippen LogP contribution in [0.5, 0.6) is 0 Å². The zero-order valence-corrected chi connectivity index (χ0v) is 10.7. The lowest BCUT2D eigenvalue weighted by Gasteiger charge is -2.05. The second-order valence-corrected chi connectivity index (χ2v) is 4.64. The van der Waals surface area contributed by atoms with Crippen LogP contribution in [0.3, 0.4) is 0 Å². The van der Waals surface area contributed by atoms with Crippen LogP contribution in [-0.2, 0) is 17.6 Å². The van der Waals surface area contributed by atoms with E-state index in [9.17, 15) is 4.79 Å². The number of halogens is 1. The topological polar surface area (TPSA) is 43.1 Å². The molecule has 0 saturated carbocycles. The first-order chi connectivity index (χ1) is 8.65. The molecule has 0 aromatic heterocycles. The van der Waals surface area contributed by atoms with Crippen LogP contribution >= 0.6 is 11.6 Å². The molecule has 2 N–H and O–H groups in total. The van der Waals surface area contributed by atoms with Crippen LogP contribution in [0.15, 0.2) is 48.5 Å². The smallest absolute Gasteiger partial charge is 0.141 e. The van der Waals surface area contributed by atoms with Crippen molar-refractivity contribution >= 4 is 23.1 Å². The van der Waals surface area contributed by atoms with Gasteiger partial charge in [0.15, 0.2) is 0 Å². The Bertz CT molecular complexity index is 552. The number of carbonyl (C=O) groups is 1. The van der Waals surface area contributed by atoms with E-state index in [2.05, 4.69) is 0 Å². The number of rotatable bonds is 4. The summed E-state index contributed by atoms with van der Waals surface area (Å²) in [5.41, 5.74) is 8.12. The average molecular weight is 260 g/mol. The molecule has 0 saturated heterocycles. The average Bonchev–Trinajstić information content (AvgIpc) is 2.35. The molecule has 2 nitrogen and oxygen atoms in total. The molecule has 2 aromatic rings. The van der Waals surface area contributed by atoms with Gasteiger partial charge in [-0.05, 0) is 29.3 Å². The molecule has 0 aliphatic rings. The standard InChI is InChI=1S/C15H14ClNO/c16-15-7-6-13(17)9-12(15)10-14(18)8-11-4-2-1-3-5-11/h1-7,9H,8,10,17H2. The summed E-state index contributed by atoms with van der Waals surface area (Å²) in [6, 6.07) is 14.9. The lowest BCUT2D eigenvalue weighted by Crippen LogP contribution is -2.07. The number of nitrogens with two attached hydrogens (primary N) is 1. The zero-order chi connectivity index (χ0) is 13.0. The molecule has 0 spiro atoms. The number of hydrogen-bond acceptors (Lipinski definition) is 2. The summed E-state index contributed by atoms with van der Waals surface area (Å²) in [6.45, 7) is 0. The van der Waals surface area contributed by atoms with Crippen LogP contribution < -0.4 is 5.73 Å². The Kier molecular flexibility index (Phi) is 4.00. The number of ketones is 1. The molecule has 0 radical (unpaired) electrons. The summed E-state index contributed by atoms with van der Waals surface area (Å²) in [7, 11) is 0. The van der Waals surface area contributed by atoms with E-state index >= 15 is 0 Å². The van der Waals surface area contributed by atoms with Gasteiger partial charge in [-0.2, -0.15) is 0 Å². The van der Waals surface area contributed by atoms with Gasteiger partial charge >= 0.3 is 0 Å². The lowest BCUT2D eigenvalue weighted by molar-refractivity contribution is -0.117. The van der Waals surface area contributed by atoms with Crippen LogP contribution in [-0.4, -0.2) is 5.78 Å². The normalized spacial score (nSPS) is 10.3. The summed E-state index contributed by atoms with van der Waals surface area (Å²) in [5, 5.41) is 0.589. The highest BCUT2D eigenvalue weighted by Crippen LogP contribution is 2.20. The molecule has 0 aliphatic heterocycles. The van der Waals surface area contributed by atoms with Gasteiger partial charge in [-0.25, -0.2) is 0 Å². The summed E-state index contributed by atoms with van der Waals surface area (Å²) >= 11 is 6.04. The van der Waals surface area contributed by atoms with E-state index in [1.54, 1.807) is 18.2 Å². The van der Waals surface area contributed by atoms with Crippen molar-refractivity contribution < 1.29 is 4.79 Å². The fraction of sp³-hybridized carbons (Fsp3) is 0.133. The molecule has 0 unspecified atom stereocenters. The molecule has 0 amide bonds. The predicted molar refractivity (Wildman–Crippen MR) is 74.7 cm³/mol. The van der Waals surface area contributed by atoms with Crippen molar-refractivity contribution in [3.05, 3.63) is 64.7 Å². The van der Waals surface area contributed by atoms with Crippen molar-refractivity contribution in [3.63, 3.8) is 0 Å². The number of benzene rings is 2. The molecule has 2 aromatic carbocycles. The van der Waals surface area contributed by atoms with E-state index in [1.165, 1.54) is 0 Å². The van der Waals surface area contributed by atoms with Gasteiger partial charge in [0, 0.05) is 23.6 Å². The monoisotopic (exact) mass is 259 g/mol. The SMILES string of the molecule is Nc1ccc(Cl)c(CC(=O)Cc2ccccc2)c1. The Hall–Kier alpha value is -1.80. The number of Topliss-reactive ketones (excluding diaryl/α,β-unsaturated/α-hetero) is 1. The molecule has 0 heterocycles. The third kappa shape index (κ3) is 3.34. The van der Waals surface area contributed by atoms with Crippen LogP contribution in [0.4, 0.5) is 5.69 Å². The second kappa shape index (κ2) is 5.69. The third-order valence-corrected chi connectivity index (χ3v) is 3.07. The summed E-state index contributed by atoms with van der Waals surface area (Å²) in [6.07, 6.45) is 0.741. The number of nitrogen functional groups attached to an aromatic ring is 1. The minimum Gasteiger partial charge on any atom is -0.399 e. The van der Waals surface area contributed by atoms with E-state index < -0.39 is 0 Å².